The summed E-state index contributed by atoms with van der Waals surface area (Å²) in [6, 6.07) is 17.2. The van der Waals surface area contributed by atoms with Gasteiger partial charge >= 0.3 is 17.5 Å². The first-order valence-electron chi connectivity index (χ1n) is 9.81. The third kappa shape index (κ3) is 6.46. The summed E-state index contributed by atoms with van der Waals surface area (Å²) in [4.78, 5) is 39.6. The predicted molar refractivity (Wildman–Crippen MR) is 121 cm³/mol. The van der Waals surface area contributed by atoms with Crippen LogP contribution in [0.2, 0.25) is 0 Å². The van der Waals surface area contributed by atoms with Gasteiger partial charge in [0.25, 0.3) is 0 Å². The molecule has 0 aromatic heterocycles. The minimum Gasteiger partial charge on any atom is -0.438 e. The lowest BCUT2D eigenvalue weighted by molar-refractivity contribution is 0.0188. The molecule has 31 heavy (non-hydrogen) atoms. The molecular formula is C23H28ClN3O4. The number of hydrogen-bond acceptors (Lipinski definition) is 4. The number of hydrogen-bond donors (Lipinski definition) is 0. The van der Waals surface area contributed by atoms with Gasteiger partial charge in [0.05, 0.1) is 0 Å². The Balaban J connectivity index is 2.00. The van der Waals surface area contributed by atoms with E-state index in [1.807, 2.05) is 54.6 Å². The van der Waals surface area contributed by atoms with E-state index in [1.54, 1.807) is 13.8 Å². The molecule has 166 valence electrons. The Bertz CT molecular complexity index is 916. The Morgan fingerprint density at radius 1 is 0.839 bits per heavy atom. The van der Waals surface area contributed by atoms with Gasteiger partial charge in [-0.2, -0.15) is 0 Å². The van der Waals surface area contributed by atoms with Crippen LogP contribution in [0.15, 0.2) is 54.6 Å². The average Bonchev–Trinajstić information content (AvgIpc) is 2.76. The minimum atomic E-state index is -0.940. The molecule has 0 fully saturated rings. The number of halogens is 1. The van der Waals surface area contributed by atoms with Crippen molar-refractivity contribution in [1.82, 2.24) is 14.7 Å². The topological polar surface area (TPSA) is 70.2 Å². The van der Waals surface area contributed by atoms with Crippen LogP contribution in [0.3, 0.4) is 0 Å². The molecule has 0 spiro atoms. The van der Waals surface area contributed by atoms with Crippen molar-refractivity contribution in [2.75, 3.05) is 34.2 Å². The molecule has 2 aromatic carbocycles. The van der Waals surface area contributed by atoms with Crippen LogP contribution in [0, 0.1) is 0 Å². The monoisotopic (exact) mass is 445 g/mol. The van der Waals surface area contributed by atoms with Crippen molar-refractivity contribution < 1.29 is 19.1 Å². The molecule has 2 aromatic rings. The summed E-state index contributed by atoms with van der Waals surface area (Å²) in [5.41, 5.74) is 2.02. The number of carbonyl (C=O) groups excluding carboxylic acids is 3. The molecule has 2 rings (SSSR count). The van der Waals surface area contributed by atoms with Gasteiger partial charge in [-0.05, 0) is 42.1 Å². The van der Waals surface area contributed by atoms with Crippen LogP contribution < -0.4 is 0 Å². The van der Waals surface area contributed by atoms with Crippen molar-refractivity contribution >= 4 is 29.1 Å². The number of imide groups is 1. The largest absolute Gasteiger partial charge is 0.438 e. The zero-order valence-electron chi connectivity index (χ0n) is 18.5. The molecule has 0 N–H and O–H groups in total. The molecule has 0 saturated heterocycles. The van der Waals surface area contributed by atoms with E-state index in [0.717, 1.165) is 21.6 Å². The van der Waals surface area contributed by atoms with Crippen LogP contribution in [0.1, 0.15) is 19.4 Å². The molecule has 8 heteroatoms. The van der Waals surface area contributed by atoms with E-state index >= 15 is 0 Å². The number of likely N-dealkylation sites (N-methyl/N-ethyl adjacent to an activating group) is 2. The maximum atomic E-state index is 12.6. The van der Waals surface area contributed by atoms with Gasteiger partial charge in [0.2, 0.25) is 0 Å². The number of nitrogens with zero attached hydrogens (tertiary/aromatic N) is 3. The highest BCUT2D eigenvalue weighted by molar-refractivity contribution is 6.62. The molecular weight excluding hydrogens is 418 g/mol. The van der Waals surface area contributed by atoms with Crippen molar-refractivity contribution in [3.63, 3.8) is 0 Å². The second-order valence-corrected chi connectivity index (χ2v) is 8.08. The van der Waals surface area contributed by atoms with E-state index in [0.29, 0.717) is 0 Å². The van der Waals surface area contributed by atoms with Crippen molar-refractivity contribution in [1.29, 1.82) is 0 Å². The number of carbonyl (C=O) groups is 3. The summed E-state index contributed by atoms with van der Waals surface area (Å²) in [6.45, 7) is 4.00. The van der Waals surface area contributed by atoms with Gasteiger partial charge in [-0.3, -0.25) is 4.79 Å². The quantitative estimate of drug-likeness (QED) is 0.463. The normalized spacial score (nSPS) is 10.9. The first kappa shape index (κ1) is 24.2. The van der Waals surface area contributed by atoms with Crippen molar-refractivity contribution in [3.05, 3.63) is 60.2 Å². The Labute approximate surface area is 188 Å². The molecule has 0 bridgehead atoms. The smallest absolute Gasteiger partial charge is 0.418 e. The minimum absolute atomic E-state index is 0.218. The molecule has 0 aliphatic rings. The van der Waals surface area contributed by atoms with Crippen LogP contribution in [-0.4, -0.2) is 66.4 Å². The summed E-state index contributed by atoms with van der Waals surface area (Å²) in [7, 11) is 4.41. The molecule has 0 saturated carbocycles. The molecule has 0 unspecified atom stereocenters. The number of rotatable bonds is 6. The van der Waals surface area contributed by atoms with E-state index in [2.05, 4.69) is 0 Å². The van der Waals surface area contributed by atoms with Crippen LogP contribution in [-0.2, 0) is 10.3 Å². The average molecular weight is 446 g/mol. The molecule has 0 heterocycles. The summed E-state index contributed by atoms with van der Waals surface area (Å²) >= 11 is 5.38. The van der Waals surface area contributed by atoms with E-state index in [1.165, 1.54) is 30.9 Å². The lowest BCUT2D eigenvalue weighted by atomic mass is 9.95. The zero-order chi connectivity index (χ0) is 23.2. The molecule has 7 nitrogen and oxygen atoms in total. The lowest BCUT2D eigenvalue weighted by Crippen LogP contribution is -2.46. The van der Waals surface area contributed by atoms with Crippen LogP contribution in [0.25, 0.3) is 11.1 Å². The number of ether oxygens (including phenoxy) is 1. The first-order chi connectivity index (χ1) is 14.5. The number of amides is 4. The van der Waals surface area contributed by atoms with Gasteiger partial charge in [-0.15, -0.1) is 0 Å². The highest BCUT2D eigenvalue weighted by atomic mass is 35.5. The van der Waals surface area contributed by atoms with Crippen LogP contribution in [0.5, 0.6) is 0 Å². The first-order valence-corrected chi connectivity index (χ1v) is 10.2. The van der Waals surface area contributed by atoms with Crippen molar-refractivity contribution in [2.24, 2.45) is 0 Å². The summed E-state index contributed by atoms with van der Waals surface area (Å²) < 4.78 is 5.62. The molecule has 0 aliphatic carbocycles. The number of urea groups is 1. The van der Waals surface area contributed by atoms with E-state index < -0.39 is 23.1 Å². The van der Waals surface area contributed by atoms with Gasteiger partial charge in [0.15, 0.2) is 0 Å². The van der Waals surface area contributed by atoms with E-state index in [4.69, 9.17) is 16.3 Å². The third-order valence-corrected chi connectivity index (χ3v) is 5.28. The Morgan fingerprint density at radius 2 is 1.35 bits per heavy atom. The van der Waals surface area contributed by atoms with Gasteiger partial charge in [-0.25, -0.2) is 14.5 Å². The van der Waals surface area contributed by atoms with Gasteiger partial charge in [0, 0.05) is 34.2 Å². The van der Waals surface area contributed by atoms with E-state index in [-0.39, 0.29) is 13.1 Å². The lowest BCUT2D eigenvalue weighted by Gasteiger charge is -2.30. The fraction of sp³-hybridized carbons (Fsp3) is 0.348. The molecule has 0 atom stereocenters. The Morgan fingerprint density at radius 3 is 1.90 bits per heavy atom. The van der Waals surface area contributed by atoms with Gasteiger partial charge in [-0.1, -0.05) is 54.6 Å². The van der Waals surface area contributed by atoms with Gasteiger partial charge < -0.3 is 14.5 Å². The summed E-state index contributed by atoms with van der Waals surface area (Å²) in [5, 5.41) is -0.617. The predicted octanol–water partition coefficient (Wildman–Crippen LogP) is 5.00. The second kappa shape index (κ2) is 10.3. The Hall–Kier alpha value is -3.06. The number of benzene rings is 2. The van der Waals surface area contributed by atoms with Crippen molar-refractivity contribution in [3.8, 4) is 11.1 Å². The molecule has 0 radical (unpaired) electrons. The Kier molecular flexibility index (Phi) is 8.05. The molecule has 4 amide bonds. The van der Waals surface area contributed by atoms with Crippen LogP contribution in [0.4, 0.5) is 14.4 Å². The summed E-state index contributed by atoms with van der Waals surface area (Å²) in [5.74, 6) is 0. The SMILES string of the molecule is CN(CCN(C)C(=O)N(C)C(=O)OC(C)(C)c1ccc(-c2ccccc2)cc1)C(=O)Cl. The zero-order valence-corrected chi connectivity index (χ0v) is 19.2. The summed E-state index contributed by atoms with van der Waals surface area (Å²) in [6.07, 6.45) is -0.768. The van der Waals surface area contributed by atoms with E-state index in [9.17, 15) is 14.4 Å². The highest BCUT2D eigenvalue weighted by Crippen LogP contribution is 2.28. The maximum Gasteiger partial charge on any atom is 0.418 e. The maximum absolute atomic E-state index is 12.6. The third-order valence-electron chi connectivity index (χ3n) is 4.99. The van der Waals surface area contributed by atoms with Crippen molar-refractivity contribution in [2.45, 2.75) is 19.4 Å². The second-order valence-electron chi connectivity index (χ2n) is 7.76. The fourth-order valence-electron chi connectivity index (χ4n) is 2.86. The standard InChI is InChI=1S/C23H28ClN3O4/c1-23(2,19-13-11-18(12-14-19)17-9-7-6-8-10-17)31-22(30)27(5)21(29)26(4)16-15-25(3)20(24)28/h6-14H,15-16H2,1-5H3. The highest BCUT2D eigenvalue weighted by Gasteiger charge is 2.30. The van der Waals surface area contributed by atoms with Crippen LogP contribution >= 0.6 is 11.6 Å². The molecule has 0 aliphatic heterocycles. The fourth-order valence-corrected chi connectivity index (χ4v) is 2.94. The van der Waals surface area contributed by atoms with Gasteiger partial charge in [0.1, 0.15) is 5.60 Å².